The van der Waals surface area contributed by atoms with Gasteiger partial charge in [0, 0.05) is 11.8 Å². The zero-order valence-corrected chi connectivity index (χ0v) is 16.8. The van der Waals surface area contributed by atoms with Crippen LogP contribution in [0.15, 0.2) is 40.9 Å². The minimum Gasteiger partial charge on any atom is -0.261 e. The standard InChI is InChI=1S/C22H25N.C2H6/c1-6-23-22-15(3)7-8-18-13-19(9-10-20(18)22)21-16(4)11-14(2)12-17(21)5;1-2/h6,9-13H,7-8H2,1-5H3;1-2H3. The SMILES string of the molecule is CC.CC=NC1=C(C)CCc2cc(-c3c(C)cc(C)cc3C)ccc21. The van der Waals surface area contributed by atoms with E-state index in [1.54, 1.807) is 0 Å². The summed E-state index contributed by atoms with van der Waals surface area (Å²) in [5, 5.41) is 0. The first-order chi connectivity index (χ1) is 12.0. The van der Waals surface area contributed by atoms with Gasteiger partial charge in [-0.3, -0.25) is 4.99 Å². The highest BCUT2D eigenvalue weighted by molar-refractivity contribution is 5.80. The molecule has 25 heavy (non-hydrogen) atoms. The van der Waals surface area contributed by atoms with Crippen molar-refractivity contribution in [1.29, 1.82) is 0 Å². The number of allylic oxidation sites excluding steroid dienone is 1. The van der Waals surface area contributed by atoms with E-state index in [0.717, 1.165) is 18.5 Å². The maximum Gasteiger partial charge on any atom is 0.0689 e. The van der Waals surface area contributed by atoms with Gasteiger partial charge in [0.15, 0.2) is 0 Å². The highest BCUT2D eigenvalue weighted by Gasteiger charge is 2.17. The first-order valence-electron chi connectivity index (χ1n) is 9.41. The molecule has 1 aliphatic carbocycles. The number of fused-ring (bicyclic) bond motifs is 1. The number of hydrogen-bond donors (Lipinski definition) is 0. The van der Waals surface area contributed by atoms with E-state index in [4.69, 9.17) is 0 Å². The van der Waals surface area contributed by atoms with Crippen molar-refractivity contribution in [3.63, 3.8) is 0 Å². The van der Waals surface area contributed by atoms with Crippen LogP contribution < -0.4 is 0 Å². The lowest BCUT2D eigenvalue weighted by atomic mass is 9.86. The number of aryl methyl sites for hydroxylation is 4. The highest BCUT2D eigenvalue weighted by atomic mass is 14.7. The third kappa shape index (κ3) is 3.92. The van der Waals surface area contributed by atoms with Gasteiger partial charge in [0.1, 0.15) is 0 Å². The summed E-state index contributed by atoms with van der Waals surface area (Å²) in [7, 11) is 0. The minimum atomic E-state index is 1.11. The summed E-state index contributed by atoms with van der Waals surface area (Å²) in [4.78, 5) is 4.61. The summed E-state index contributed by atoms with van der Waals surface area (Å²) in [5.74, 6) is 0. The van der Waals surface area contributed by atoms with Crippen LogP contribution in [0, 0.1) is 20.8 Å². The van der Waals surface area contributed by atoms with E-state index in [1.807, 2.05) is 27.0 Å². The lowest BCUT2D eigenvalue weighted by Crippen LogP contribution is -2.03. The number of nitrogens with zero attached hydrogens (tertiary/aromatic N) is 1. The predicted octanol–water partition coefficient (Wildman–Crippen LogP) is 7.07. The van der Waals surface area contributed by atoms with Crippen molar-refractivity contribution < 1.29 is 0 Å². The highest BCUT2D eigenvalue weighted by Crippen LogP contribution is 2.36. The van der Waals surface area contributed by atoms with Gasteiger partial charge in [0.25, 0.3) is 0 Å². The molecule has 0 aromatic heterocycles. The molecule has 0 N–H and O–H groups in total. The monoisotopic (exact) mass is 333 g/mol. The predicted molar refractivity (Wildman–Crippen MR) is 113 cm³/mol. The normalized spacial score (nSPS) is 13.6. The summed E-state index contributed by atoms with van der Waals surface area (Å²) in [6.45, 7) is 14.8. The molecule has 2 aromatic rings. The Bertz CT molecular complexity index is 799. The molecule has 0 fully saturated rings. The molecule has 0 heterocycles. The molecule has 0 amide bonds. The van der Waals surface area contributed by atoms with Crippen molar-refractivity contribution in [3.05, 3.63) is 63.7 Å². The van der Waals surface area contributed by atoms with Crippen molar-refractivity contribution in [1.82, 2.24) is 0 Å². The van der Waals surface area contributed by atoms with E-state index in [1.165, 1.54) is 44.5 Å². The number of rotatable bonds is 2. The average molecular weight is 334 g/mol. The van der Waals surface area contributed by atoms with E-state index < -0.39 is 0 Å². The van der Waals surface area contributed by atoms with Gasteiger partial charge < -0.3 is 0 Å². The average Bonchev–Trinajstić information content (AvgIpc) is 2.58. The second-order valence-electron chi connectivity index (χ2n) is 6.66. The van der Waals surface area contributed by atoms with Crippen molar-refractivity contribution in [3.8, 4) is 11.1 Å². The lowest BCUT2D eigenvalue weighted by molar-refractivity contribution is 0.913. The first-order valence-corrected chi connectivity index (χ1v) is 9.41. The van der Waals surface area contributed by atoms with Crippen LogP contribution in [0.3, 0.4) is 0 Å². The van der Waals surface area contributed by atoms with E-state index in [9.17, 15) is 0 Å². The van der Waals surface area contributed by atoms with Gasteiger partial charge >= 0.3 is 0 Å². The third-order valence-electron chi connectivity index (χ3n) is 4.76. The largest absolute Gasteiger partial charge is 0.261 e. The van der Waals surface area contributed by atoms with Gasteiger partial charge in [0.2, 0.25) is 0 Å². The molecule has 3 rings (SSSR count). The molecule has 0 unspecified atom stereocenters. The molecule has 0 spiro atoms. The van der Waals surface area contributed by atoms with Gasteiger partial charge in [-0.25, -0.2) is 0 Å². The summed E-state index contributed by atoms with van der Waals surface area (Å²) in [6.07, 6.45) is 4.12. The summed E-state index contributed by atoms with van der Waals surface area (Å²) in [6, 6.07) is 11.4. The van der Waals surface area contributed by atoms with Crippen LogP contribution in [0.25, 0.3) is 16.8 Å². The Kier molecular flexibility index (Phi) is 6.36. The Labute approximate surface area is 153 Å². The first kappa shape index (κ1) is 19.2. The van der Waals surface area contributed by atoms with Crippen LogP contribution in [0.4, 0.5) is 0 Å². The fraction of sp³-hybridized carbons (Fsp3) is 0.375. The van der Waals surface area contributed by atoms with E-state index in [0.29, 0.717) is 0 Å². The lowest BCUT2D eigenvalue weighted by Gasteiger charge is -2.21. The summed E-state index contributed by atoms with van der Waals surface area (Å²) < 4.78 is 0. The Hall–Kier alpha value is -2.15. The second-order valence-corrected chi connectivity index (χ2v) is 6.66. The van der Waals surface area contributed by atoms with Crippen LogP contribution >= 0.6 is 0 Å². The van der Waals surface area contributed by atoms with Crippen LogP contribution in [-0.2, 0) is 6.42 Å². The zero-order chi connectivity index (χ0) is 18.6. The van der Waals surface area contributed by atoms with Crippen molar-refractivity contribution >= 4 is 11.9 Å². The van der Waals surface area contributed by atoms with Crippen molar-refractivity contribution in [2.24, 2.45) is 4.99 Å². The number of aliphatic imine (C=N–C) groups is 1. The second kappa shape index (κ2) is 8.29. The summed E-state index contributed by atoms with van der Waals surface area (Å²) in [5.41, 5.74) is 12.0. The third-order valence-corrected chi connectivity index (χ3v) is 4.76. The maximum absolute atomic E-state index is 4.61. The molecule has 0 saturated carbocycles. The molecule has 0 atom stereocenters. The zero-order valence-electron chi connectivity index (χ0n) is 16.8. The molecule has 0 saturated heterocycles. The van der Waals surface area contributed by atoms with Gasteiger partial charge in [-0.2, -0.15) is 0 Å². The molecular formula is C24H31N. The summed E-state index contributed by atoms with van der Waals surface area (Å²) >= 11 is 0. The van der Waals surface area contributed by atoms with Crippen molar-refractivity contribution in [2.75, 3.05) is 0 Å². The molecule has 132 valence electrons. The fourth-order valence-electron chi connectivity index (χ4n) is 3.80. The molecule has 1 aliphatic rings. The molecule has 0 bridgehead atoms. The number of benzene rings is 2. The maximum atomic E-state index is 4.61. The molecule has 0 radical (unpaired) electrons. The molecule has 1 nitrogen and oxygen atoms in total. The Morgan fingerprint density at radius 3 is 2.12 bits per heavy atom. The van der Waals surface area contributed by atoms with Gasteiger partial charge in [-0.15, -0.1) is 0 Å². The van der Waals surface area contributed by atoms with E-state index >= 15 is 0 Å². The Balaban J connectivity index is 0.00000109. The minimum absolute atomic E-state index is 1.11. The smallest absolute Gasteiger partial charge is 0.0689 e. The van der Waals surface area contributed by atoms with Crippen LogP contribution in [0.2, 0.25) is 0 Å². The number of hydrogen-bond acceptors (Lipinski definition) is 1. The van der Waals surface area contributed by atoms with Crippen molar-refractivity contribution in [2.45, 2.75) is 61.3 Å². The quantitative estimate of drug-likeness (QED) is 0.521. The Morgan fingerprint density at radius 1 is 0.880 bits per heavy atom. The van der Waals surface area contributed by atoms with Gasteiger partial charge in [-0.05, 0) is 80.9 Å². The van der Waals surface area contributed by atoms with Gasteiger partial charge in [0.05, 0.1) is 5.70 Å². The molecular weight excluding hydrogens is 302 g/mol. The fourth-order valence-corrected chi connectivity index (χ4v) is 3.80. The van der Waals surface area contributed by atoms with Crippen LogP contribution in [-0.4, -0.2) is 6.21 Å². The van der Waals surface area contributed by atoms with E-state index in [-0.39, 0.29) is 0 Å². The van der Waals surface area contributed by atoms with Crippen LogP contribution in [0.5, 0.6) is 0 Å². The topological polar surface area (TPSA) is 12.4 Å². The molecule has 1 heteroatoms. The Morgan fingerprint density at radius 2 is 1.52 bits per heavy atom. The van der Waals surface area contributed by atoms with E-state index in [2.05, 4.69) is 63.0 Å². The van der Waals surface area contributed by atoms with Crippen LogP contribution in [0.1, 0.15) is 61.9 Å². The molecule has 2 aromatic carbocycles. The van der Waals surface area contributed by atoms with Gasteiger partial charge in [-0.1, -0.05) is 49.7 Å². The molecule has 0 aliphatic heterocycles.